The summed E-state index contributed by atoms with van der Waals surface area (Å²) < 4.78 is 1.49. The van der Waals surface area contributed by atoms with Crippen LogP contribution in [0.25, 0.3) is 0 Å². The molecule has 0 aliphatic carbocycles. The van der Waals surface area contributed by atoms with Crippen molar-refractivity contribution in [2.75, 3.05) is 0 Å². The molecule has 0 unspecified atom stereocenters. The summed E-state index contributed by atoms with van der Waals surface area (Å²) in [6, 6.07) is 7.25. The van der Waals surface area contributed by atoms with Crippen molar-refractivity contribution < 1.29 is 0 Å². The molecule has 2 aromatic rings. The van der Waals surface area contributed by atoms with Gasteiger partial charge in [0.15, 0.2) is 0 Å². The van der Waals surface area contributed by atoms with Gasteiger partial charge in [-0.2, -0.15) is 0 Å². The molecule has 18 heavy (non-hydrogen) atoms. The van der Waals surface area contributed by atoms with Crippen LogP contribution < -0.4 is 11.2 Å². The highest BCUT2D eigenvalue weighted by atomic mass is 35.5. The first-order valence-electron chi connectivity index (χ1n) is 5.67. The lowest BCUT2D eigenvalue weighted by molar-refractivity contribution is 0.707. The molecule has 0 aliphatic heterocycles. The highest BCUT2D eigenvalue weighted by molar-refractivity contribution is 6.30. The van der Waals surface area contributed by atoms with Gasteiger partial charge in [-0.05, 0) is 24.1 Å². The van der Waals surface area contributed by atoms with E-state index in [0.717, 1.165) is 5.56 Å². The molecule has 0 amide bonds. The Balaban J connectivity index is 2.37. The second kappa shape index (κ2) is 5.23. The minimum absolute atomic E-state index is 0.310. The summed E-state index contributed by atoms with van der Waals surface area (Å²) in [6.07, 6.45) is 2.20. The molecule has 0 atom stereocenters. The van der Waals surface area contributed by atoms with Crippen LogP contribution in [-0.4, -0.2) is 9.55 Å². The fourth-order valence-corrected chi connectivity index (χ4v) is 1.84. The Morgan fingerprint density at radius 3 is 2.50 bits per heavy atom. The molecule has 0 radical (unpaired) electrons. The fourth-order valence-electron chi connectivity index (χ4n) is 1.71. The average Bonchev–Trinajstić information content (AvgIpc) is 2.35. The Hall–Kier alpha value is -1.81. The summed E-state index contributed by atoms with van der Waals surface area (Å²) in [5, 5.41) is 0.654. The molecule has 0 fully saturated rings. The molecular formula is C13H13ClN2O2. The number of nitrogens with one attached hydrogen (secondary N) is 1. The zero-order valence-electron chi connectivity index (χ0n) is 9.94. The molecule has 0 saturated carbocycles. The van der Waals surface area contributed by atoms with Crippen LogP contribution in [0.1, 0.15) is 18.1 Å². The molecule has 0 saturated heterocycles. The summed E-state index contributed by atoms with van der Waals surface area (Å²) >= 11 is 5.80. The van der Waals surface area contributed by atoms with Gasteiger partial charge in [0.25, 0.3) is 5.56 Å². The Morgan fingerprint density at radius 2 is 1.89 bits per heavy atom. The average molecular weight is 265 g/mol. The summed E-state index contributed by atoms with van der Waals surface area (Å²) in [4.78, 5) is 25.4. The van der Waals surface area contributed by atoms with Crippen molar-refractivity contribution in [1.82, 2.24) is 9.55 Å². The smallest absolute Gasteiger partial charge is 0.296 e. The largest absolute Gasteiger partial charge is 0.328 e. The van der Waals surface area contributed by atoms with E-state index in [2.05, 4.69) is 4.98 Å². The Labute approximate surface area is 109 Å². The lowest BCUT2D eigenvalue weighted by atomic mass is 10.2. The van der Waals surface area contributed by atoms with E-state index in [4.69, 9.17) is 11.6 Å². The van der Waals surface area contributed by atoms with Crippen LogP contribution in [0.2, 0.25) is 5.02 Å². The number of nitrogens with zero attached hydrogens (tertiary/aromatic N) is 1. The standard InChI is InChI=1S/C13H13ClN2O2/c1-2-10-8-16(13(18)15-12(10)17)7-9-3-5-11(14)6-4-9/h3-6,8H,2,7H2,1H3,(H,15,17,18). The highest BCUT2D eigenvalue weighted by Gasteiger charge is 2.03. The number of halogens is 1. The van der Waals surface area contributed by atoms with Gasteiger partial charge in [0, 0.05) is 16.8 Å². The second-order valence-corrected chi connectivity index (χ2v) is 4.46. The summed E-state index contributed by atoms with van der Waals surface area (Å²) in [5.41, 5.74) is 0.848. The Bertz CT molecular complexity index is 656. The molecule has 1 aromatic heterocycles. The third-order valence-electron chi connectivity index (χ3n) is 2.73. The molecule has 2 rings (SSSR count). The maximum atomic E-state index is 11.7. The van der Waals surface area contributed by atoms with Gasteiger partial charge in [0.1, 0.15) is 0 Å². The van der Waals surface area contributed by atoms with Crippen molar-refractivity contribution in [2.24, 2.45) is 0 Å². The molecule has 0 spiro atoms. The van der Waals surface area contributed by atoms with Gasteiger partial charge in [-0.15, -0.1) is 0 Å². The number of H-pyrrole nitrogens is 1. The van der Waals surface area contributed by atoms with Gasteiger partial charge >= 0.3 is 5.69 Å². The predicted molar refractivity (Wildman–Crippen MR) is 71.3 cm³/mol. The molecule has 0 bridgehead atoms. The molecule has 94 valence electrons. The maximum absolute atomic E-state index is 11.7. The minimum Gasteiger partial charge on any atom is -0.296 e. The van der Waals surface area contributed by atoms with E-state index < -0.39 is 5.69 Å². The van der Waals surface area contributed by atoms with Gasteiger partial charge in [0.2, 0.25) is 0 Å². The lowest BCUT2D eigenvalue weighted by Crippen LogP contribution is -2.31. The van der Waals surface area contributed by atoms with E-state index in [1.54, 1.807) is 18.3 Å². The quantitative estimate of drug-likeness (QED) is 0.919. The number of hydrogen-bond donors (Lipinski definition) is 1. The van der Waals surface area contributed by atoms with Crippen molar-refractivity contribution >= 4 is 11.6 Å². The van der Waals surface area contributed by atoms with E-state index in [1.807, 2.05) is 19.1 Å². The first-order valence-corrected chi connectivity index (χ1v) is 6.05. The third-order valence-corrected chi connectivity index (χ3v) is 2.98. The first kappa shape index (κ1) is 12.6. The number of rotatable bonds is 3. The van der Waals surface area contributed by atoms with Crippen LogP contribution >= 0.6 is 11.6 Å². The van der Waals surface area contributed by atoms with E-state index in [-0.39, 0.29) is 5.56 Å². The number of benzene rings is 1. The van der Waals surface area contributed by atoms with Gasteiger partial charge in [-0.25, -0.2) is 4.79 Å². The molecule has 5 heteroatoms. The lowest BCUT2D eigenvalue weighted by Gasteiger charge is -2.07. The van der Waals surface area contributed by atoms with Crippen LogP contribution in [-0.2, 0) is 13.0 Å². The zero-order chi connectivity index (χ0) is 13.1. The maximum Gasteiger partial charge on any atom is 0.328 e. The third kappa shape index (κ3) is 2.71. The number of hydrogen-bond acceptors (Lipinski definition) is 2. The number of aromatic nitrogens is 2. The molecule has 1 N–H and O–H groups in total. The molecule has 1 aromatic carbocycles. The Kier molecular flexibility index (Phi) is 3.67. The van der Waals surface area contributed by atoms with Crippen LogP contribution in [0, 0.1) is 0 Å². The summed E-state index contributed by atoms with van der Waals surface area (Å²) in [6.45, 7) is 2.29. The van der Waals surface area contributed by atoms with Gasteiger partial charge in [0.05, 0.1) is 6.54 Å². The minimum atomic E-state index is -0.396. The van der Waals surface area contributed by atoms with E-state index in [1.165, 1.54) is 4.57 Å². The van der Waals surface area contributed by atoms with Crippen LogP contribution in [0.5, 0.6) is 0 Å². The second-order valence-electron chi connectivity index (χ2n) is 4.02. The normalized spacial score (nSPS) is 10.6. The first-order chi connectivity index (χ1) is 8.60. The Morgan fingerprint density at radius 1 is 1.22 bits per heavy atom. The van der Waals surface area contributed by atoms with Crippen molar-refractivity contribution in [3.05, 3.63) is 67.4 Å². The number of aromatic amines is 1. The SMILES string of the molecule is CCc1cn(Cc2ccc(Cl)cc2)c(=O)[nH]c1=O. The monoisotopic (exact) mass is 264 g/mol. The van der Waals surface area contributed by atoms with Crippen molar-refractivity contribution in [2.45, 2.75) is 19.9 Å². The van der Waals surface area contributed by atoms with E-state index >= 15 is 0 Å². The molecule has 4 nitrogen and oxygen atoms in total. The topological polar surface area (TPSA) is 54.9 Å². The van der Waals surface area contributed by atoms with Crippen LogP contribution in [0.15, 0.2) is 40.1 Å². The molecule has 0 aliphatic rings. The van der Waals surface area contributed by atoms with Crippen LogP contribution in [0.3, 0.4) is 0 Å². The van der Waals surface area contributed by atoms with Gasteiger partial charge < -0.3 is 0 Å². The van der Waals surface area contributed by atoms with E-state index in [0.29, 0.717) is 23.6 Å². The molecular weight excluding hydrogens is 252 g/mol. The van der Waals surface area contributed by atoms with Crippen molar-refractivity contribution in [3.8, 4) is 0 Å². The fraction of sp³-hybridized carbons (Fsp3) is 0.231. The number of aryl methyl sites for hydroxylation is 1. The highest BCUT2D eigenvalue weighted by Crippen LogP contribution is 2.10. The van der Waals surface area contributed by atoms with Crippen molar-refractivity contribution in [1.29, 1.82) is 0 Å². The van der Waals surface area contributed by atoms with Gasteiger partial charge in [-0.1, -0.05) is 30.7 Å². The molecule has 1 heterocycles. The van der Waals surface area contributed by atoms with E-state index in [9.17, 15) is 9.59 Å². The summed E-state index contributed by atoms with van der Waals surface area (Å²) in [7, 11) is 0. The predicted octanol–water partition coefficient (Wildman–Crippen LogP) is 1.80. The summed E-state index contributed by atoms with van der Waals surface area (Å²) in [5.74, 6) is 0. The van der Waals surface area contributed by atoms with Gasteiger partial charge in [-0.3, -0.25) is 14.3 Å². The van der Waals surface area contributed by atoms with Crippen LogP contribution in [0.4, 0.5) is 0 Å². The zero-order valence-corrected chi connectivity index (χ0v) is 10.7. The van der Waals surface area contributed by atoms with Crippen molar-refractivity contribution in [3.63, 3.8) is 0 Å².